The number of carbonyl (C=O) groups is 1. The maximum atomic E-state index is 12.7. The highest BCUT2D eigenvalue weighted by atomic mass is 16.5. The number of pyridine rings is 1. The standard InChI is InChI=1S/C17H17N3O4/c1-9-5-14(15-10(2)20-24-17(15)18-9)16(21)19-11-6-12(22-3)8-13(7-11)23-4/h5-8H,1-4H3,(H,19,21). The second-order valence-corrected chi connectivity index (χ2v) is 5.31. The van der Waals surface area contributed by atoms with Crippen molar-refractivity contribution >= 4 is 22.7 Å². The van der Waals surface area contributed by atoms with E-state index in [4.69, 9.17) is 14.0 Å². The van der Waals surface area contributed by atoms with Crippen LogP contribution in [-0.4, -0.2) is 30.3 Å². The Kier molecular flexibility index (Phi) is 4.07. The molecule has 0 aliphatic rings. The van der Waals surface area contributed by atoms with Crippen molar-refractivity contribution in [3.8, 4) is 11.5 Å². The van der Waals surface area contributed by atoms with E-state index >= 15 is 0 Å². The third-order valence-corrected chi connectivity index (χ3v) is 3.60. The number of hydrogen-bond donors (Lipinski definition) is 1. The number of aromatic nitrogens is 2. The van der Waals surface area contributed by atoms with E-state index in [1.807, 2.05) is 0 Å². The highest BCUT2D eigenvalue weighted by Crippen LogP contribution is 2.27. The normalized spacial score (nSPS) is 10.7. The lowest BCUT2D eigenvalue weighted by molar-refractivity contribution is 0.102. The van der Waals surface area contributed by atoms with Crippen LogP contribution >= 0.6 is 0 Å². The smallest absolute Gasteiger partial charge is 0.258 e. The molecular weight excluding hydrogens is 310 g/mol. The van der Waals surface area contributed by atoms with Crippen molar-refractivity contribution in [3.63, 3.8) is 0 Å². The van der Waals surface area contributed by atoms with Crippen LogP contribution in [0.5, 0.6) is 11.5 Å². The fraction of sp³-hybridized carbons (Fsp3) is 0.235. The first-order valence-corrected chi connectivity index (χ1v) is 7.30. The van der Waals surface area contributed by atoms with Gasteiger partial charge in [0.25, 0.3) is 11.6 Å². The fourth-order valence-electron chi connectivity index (χ4n) is 2.47. The Labute approximate surface area is 138 Å². The number of aryl methyl sites for hydroxylation is 2. The molecule has 1 aromatic carbocycles. The Morgan fingerprint density at radius 1 is 1.08 bits per heavy atom. The van der Waals surface area contributed by atoms with Crippen LogP contribution < -0.4 is 14.8 Å². The summed E-state index contributed by atoms with van der Waals surface area (Å²) < 4.78 is 15.6. The van der Waals surface area contributed by atoms with Crippen molar-refractivity contribution in [2.75, 3.05) is 19.5 Å². The zero-order chi connectivity index (χ0) is 17.3. The molecule has 2 heterocycles. The van der Waals surface area contributed by atoms with Gasteiger partial charge in [0.05, 0.1) is 30.9 Å². The molecule has 0 atom stereocenters. The van der Waals surface area contributed by atoms with Crippen LogP contribution in [0.25, 0.3) is 11.1 Å². The summed E-state index contributed by atoms with van der Waals surface area (Å²) in [6.45, 7) is 3.57. The minimum Gasteiger partial charge on any atom is -0.497 e. The number of rotatable bonds is 4. The number of amides is 1. The summed E-state index contributed by atoms with van der Waals surface area (Å²) in [5.41, 5.74) is 2.66. The van der Waals surface area contributed by atoms with Crippen molar-refractivity contribution in [1.82, 2.24) is 10.1 Å². The molecule has 0 radical (unpaired) electrons. The molecule has 2 aromatic heterocycles. The Morgan fingerprint density at radius 3 is 2.38 bits per heavy atom. The molecule has 0 spiro atoms. The van der Waals surface area contributed by atoms with E-state index in [0.29, 0.717) is 45.2 Å². The van der Waals surface area contributed by atoms with Crippen LogP contribution in [0.3, 0.4) is 0 Å². The number of anilines is 1. The van der Waals surface area contributed by atoms with Crippen LogP contribution in [-0.2, 0) is 0 Å². The number of carbonyl (C=O) groups excluding carboxylic acids is 1. The van der Waals surface area contributed by atoms with Gasteiger partial charge in [-0.2, -0.15) is 0 Å². The molecule has 0 unspecified atom stereocenters. The number of nitrogens with one attached hydrogen (secondary N) is 1. The van der Waals surface area contributed by atoms with Crippen LogP contribution in [0.2, 0.25) is 0 Å². The fourth-order valence-corrected chi connectivity index (χ4v) is 2.47. The van der Waals surface area contributed by atoms with Crippen LogP contribution in [0.15, 0.2) is 28.8 Å². The number of ether oxygens (including phenoxy) is 2. The second kappa shape index (κ2) is 6.19. The molecule has 0 aliphatic heterocycles. The summed E-state index contributed by atoms with van der Waals surface area (Å²) in [7, 11) is 3.10. The first-order chi connectivity index (χ1) is 11.5. The van der Waals surface area contributed by atoms with Gasteiger partial charge in [-0.05, 0) is 19.9 Å². The number of hydrogen-bond acceptors (Lipinski definition) is 6. The van der Waals surface area contributed by atoms with Crippen LogP contribution in [0.1, 0.15) is 21.7 Å². The van der Waals surface area contributed by atoms with Gasteiger partial charge in [0.2, 0.25) is 0 Å². The Bertz CT molecular complexity index is 895. The van der Waals surface area contributed by atoms with E-state index in [2.05, 4.69) is 15.5 Å². The first kappa shape index (κ1) is 15.8. The maximum Gasteiger partial charge on any atom is 0.258 e. The molecule has 0 fully saturated rings. The van der Waals surface area contributed by atoms with Crippen molar-refractivity contribution in [3.05, 3.63) is 41.2 Å². The molecule has 3 aromatic rings. The van der Waals surface area contributed by atoms with E-state index in [9.17, 15) is 4.79 Å². The van der Waals surface area contributed by atoms with Gasteiger partial charge in [-0.1, -0.05) is 5.16 Å². The molecule has 0 aliphatic carbocycles. The molecule has 0 bridgehead atoms. The van der Waals surface area contributed by atoms with Crippen LogP contribution in [0.4, 0.5) is 5.69 Å². The summed E-state index contributed by atoms with van der Waals surface area (Å²) in [5, 5.41) is 7.34. The molecule has 1 N–H and O–H groups in total. The second-order valence-electron chi connectivity index (χ2n) is 5.31. The minimum atomic E-state index is -0.285. The van der Waals surface area contributed by atoms with Gasteiger partial charge in [0.15, 0.2) is 0 Å². The lowest BCUT2D eigenvalue weighted by Gasteiger charge is -2.10. The molecule has 0 saturated carbocycles. The SMILES string of the molecule is COc1cc(NC(=O)c2cc(C)nc3onc(C)c23)cc(OC)c1. The van der Waals surface area contributed by atoms with Crippen LogP contribution in [0, 0.1) is 13.8 Å². The lowest BCUT2D eigenvalue weighted by Crippen LogP contribution is -2.13. The van der Waals surface area contributed by atoms with Gasteiger partial charge in [0.1, 0.15) is 11.5 Å². The molecule has 7 heteroatoms. The Morgan fingerprint density at radius 2 is 1.75 bits per heavy atom. The van der Waals surface area contributed by atoms with E-state index in [1.165, 1.54) is 0 Å². The summed E-state index contributed by atoms with van der Waals surface area (Å²) in [5.74, 6) is 0.885. The highest BCUT2D eigenvalue weighted by molar-refractivity contribution is 6.12. The molecule has 7 nitrogen and oxygen atoms in total. The summed E-state index contributed by atoms with van der Waals surface area (Å²) in [6.07, 6.45) is 0. The number of nitrogens with zero attached hydrogens (tertiary/aromatic N) is 2. The number of fused-ring (bicyclic) bond motifs is 1. The molecule has 1 amide bonds. The summed E-state index contributed by atoms with van der Waals surface area (Å²) >= 11 is 0. The average molecular weight is 327 g/mol. The Hall–Kier alpha value is -3.09. The molecular formula is C17H17N3O4. The van der Waals surface area contributed by atoms with Gasteiger partial charge < -0.3 is 19.3 Å². The van der Waals surface area contributed by atoms with E-state index in [-0.39, 0.29) is 5.91 Å². The molecule has 3 rings (SSSR count). The minimum absolute atomic E-state index is 0.285. The zero-order valence-electron chi connectivity index (χ0n) is 13.8. The highest BCUT2D eigenvalue weighted by Gasteiger charge is 2.18. The van der Waals surface area contributed by atoms with Crippen molar-refractivity contribution in [1.29, 1.82) is 0 Å². The topological polar surface area (TPSA) is 86.5 Å². The van der Waals surface area contributed by atoms with Gasteiger partial charge in [-0.15, -0.1) is 0 Å². The van der Waals surface area contributed by atoms with Gasteiger partial charge in [0, 0.05) is 29.6 Å². The largest absolute Gasteiger partial charge is 0.497 e. The van der Waals surface area contributed by atoms with E-state index in [0.717, 1.165) is 0 Å². The van der Waals surface area contributed by atoms with E-state index < -0.39 is 0 Å². The maximum absolute atomic E-state index is 12.7. The average Bonchev–Trinajstić information content (AvgIpc) is 2.94. The van der Waals surface area contributed by atoms with Crippen molar-refractivity contribution in [2.24, 2.45) is 0 Å². The van der Waals surface area contributed by atoms with Gasteiger partial charge in [-0.3, -0.25) is 4.79 Å². The first-order valence-electron chi connectivity index (χ1n) is 7.30. The van der Waals surface area contributed by atoms with Gasteiger partial charge >= 0.3 is 0 Å². The Balaban J connectivity index is 2.00. The third kappa shape index (κ3) is 2.88. The zero-order valence-corrected chi connectivity index (χ0v) is 13.8. The van der Waals surface area contributed by atoms with Crippen molar-refractivity contribution < 1.29 is 18.8 Å². The number of benzene rings is 1. The van der Waals surface area contributed by atoms with Crippen molar-refractivity contribution in [2.45, 2.75) is 13.8 Å². The lowest BCUT2D eigenvalue weighted by atomic mass is 10.1. The number of methoxy groups -OCH3 is 2. The molecule has 24 heavy (non-hydrogen) atoms. The summed E-state index contributed by atoms with van der Waals surface area (Å²) in [4.78, 5) is 17.0. The van der Waals surface area contributed by atoms with E-state index in [1.54, 1.807) is 52.3 Å². The van der Waals surface area contributed by atoms with Gasteiger partial charge in [-0.25, -0.2) is 4.98 Å². The quantitative estimate of drug-likeness (QED) is 0.792. The third-order valence-electron chi connectivity index (χ3n) is 3.60. The predicted molar refractivity (Wildman–Crippen MR) is 88.8 cm³/mol. The monoisotopic (exact) mass is 327 g/mol. The summed E-state index contributed by atoms with van der Waals surface area (Å²) in [6, 6.07) is 6.87. The molecule has 0 saturated heterocycles. The predicted octanol–water partition coefficient (Wildman–Crippen LogP) is 3.11. The molecule has 124 valence electrons.